The molecule has 2 heterocycles. The highest BCUT2D eigenvalue weighted by atomic mass is 32.2. The van der Waals surface area contributed by atoms with Crippen LogP contribution in [-0.2, 0) is 18.3 Å². The van der Waals surface area contributed by atoms with Crippen molar-refractivity contribution in [2.45, 2.75) is 37.4 Å². The molecule has 0 bridgehead atoms. The van der Waals surface area contributed by atoms with Crippen molar-refractivity contribution in [2.75, 3.05) is 0 Å². The van der Waals surface area contributed by atoms with Gasteiger partial charge in [-0.1, -0.05) is 18.7 Å². The number of rotatable bonds is 4. The minimum Gasteiger partial charge on any atom is -0.301 e. The van der Waals surface area contributed by atoms with Crippen LogP contribution in [0.15, 0.2) is 16.0 Å². The number of aromatic nitrogens is 3. The smallest absolute Gasteiger partial charge is 0.301 e. The van der Waals surface area contributed by atoms with E-state index >= 15 is 0 Å². The molecule has 0 fully saturated rings. The molecule has 0 aliphatic heterocycles. The van der Waals surface area contributed by atoms with Gasteiger partial charge < -0.3 is 4.98 Å². The Labute approximate surface area is 126 Å². The predicted molar refractivity (Wildman–Crippen MR) is 75.6 cm³/mol. The van der Waals surface area contributed by atoms with Crippen LogP contribution in [0, 0.1) is 6.92 Å². The van der Waals surface area contributed by atoms with E-state index in [-0.39, 0.29) is 16.2 Å². The number of thioether (sulfide) groups is 1. The third-order valence-electron chi connectivity index (χ3n) is 2.55. The van der Waals surface area contributed by atoms with Gasteiger partial charge in [-0.05, 0) is 13.3 Å². The van der Waals surface area contributed by atoms with E-state index in [2.05, 4.69) is 15.0 Å². The van der Waals surface area contributed by atoms with E-state index in [1.165, 1.54) is 13.0 Å². The Bertz CT molecular complexity index is 694. The monoisotopic (exact) mass is 335 g/mol. The predicted octanol–water partition coefficient (Wildman–Crippen LogP) is 3.41. The normalized spacial score (nSPS) is 11.9. The number of aryl methyl sites for hydroxylation is 2. The van der Waals surface area contributed by atoms with E-state index in [1.807, 2.05) is 6.92 Å². The maximum Gasteiger partial charge on any atom is 0.434 e. The molecule has 0 aliphatic rings. The summed E-state index contributed by atoms with van der Waals surface area (Å²) in [7, 11) is 0. The fourth-order valence-electron chi connectivity index (χ4n) is 1.66. The molecule has 2 aromatic heterocycles. The molecule has 2 aromatic rings. The molecule has 0 aliphatic carbocycles. The standard InChI is InChI=1S/C12H12F3N3OS2/c1-3-7-4-9(19)18-11(17-7)20-5-8-10(12(13,14)15)16-6(2)21-8/h4H,3,5H2,1-2H3,(H,17,18,19). The van der Waals surface area contributed by atoms with Crippen molar-refractivity contribution in [1.82, 2.24) is 15.0 Å². The van der Waals surface area contributed by atoms with Crippen LogP contribution >= 0.6 is 23.1 Å². The zero-order valence-corrected chi connectivity index (χ0v) is 12.9. The maximum absolute atomic E-state index is 12.8. The van der Waals surface area contributed by atoms with Crippen LogP contribution in [0.1, 0.15) is 28.2 Å². The van der Waals surface area contributed by atoms with Crippen molar-refractivity contribution in [3.8, 4) is 0 Å². The summed E-state index contributed by atoms with van der Waals surface area (Å²) in [4.78, 5) is 21.8. The zero-order chi connectivity index (χ0) is 15.6. The first-order chi connectivity index (χ1) is 9.79. The summed E-state index contributed by atoms with van der Waals surface area (Å²) >= 11 is 2.07. The van der Waals surface area contributed by atoms with E-state index in [0.29, 0.717) is 22.3 Å². The SMILES string of the molecule is CCc1cc(=O)[nH]c(SCc2sc(C)nc2C(F)(F)F)n1. The fraction of sp³-hybridized carbons (Fsp3) is 0.417. The summed E-state index contributed by atoms with van der Waals surface area (Å²) in [6.45, 7) is 3.39. The van der Waals surface area contributed by atoms with Crippen LogP contribution in [0.25, 0.3) is 0 Å². The van der Waals surface area contributed by atoms with Crippen molar-refractivity contribution < 1.29 is 13.2 Å². The number of nitrogens with zero attached hydrogens (tertiary/aromatic N) is 2. The largest absolute Gasteiger partial charge is 0.434 e. The Balaban J connectivity index is 2.21. The van der Waals surface area contributed by atoms with E-state index in [0.717, 1.165) is 23.1 Å². The van der Waals surface area contributed by atoms with Crippen molar-refractivity contribution in [3.63, 3.8) is 0 Å². The Hall–Kier alpha value is -1.35. The van der Waals surface area contributed by atoms with Gasteiger partial charge in [0.15, 0.2) is 10.9 Å². The van der Waals surface area contributed by atoms with Crippen LogP contribution in [0.4, 0.5) is 13.2 Å². The highest BCUT2D eigenvalue weighted by Crippen LogP contribution is 2.36. The van der Waals surface area contributed by atoms with Crippen molar-refractivity contribution >= 4 is 23.1 Å². The fourth-order valence-corrected chi connectivity index (χ4v) is 3.58. The molecule has 2 rings (SSSR count). The molecular weight excluding hydrogens is 323 g/mol. The number of alkyl halides is 3. The van der Waals surface area contributed by atoms with Gasteiger partial charge in [-0.25, -0.2) is 9.97 Å². The summed E-state index contributed by atoms with van der Waals surface area (Å²) in [5.74, 6) is 0.0659. The lowest BCUT2D eigenvalue weighted by molar-refractivity contribution is -0.141. The summed E-state index contributed by atoms with van der Waals surface area (Å²) < 4.78 is 38.5. The molecule has 0 unspecified atom stereocenters. The molecule has 0 saturated carbocycles. The molecule has 114 valence electrons. The number of hydrogen-bond donors (Lipinski definition) is 1. The topological polar surface area (TPSA) is 58.6 Å². The summed E-state index contributed by atoms with van der Waals surface area (Å²) in [5.41, 5.74) is -0.551. The Morgan fingerprint density at radius 2 is 2.10 bits per heavy atom. The Morgan fingerprint density at radius 1 is 1.38 bits per heavy atom. The first-order valence-corrected chi connectivity index (χ1v) is 7.86. The number of hydrogen-bond acceptors (Lipinski definition) is 5. The number of H-pyrrole nitrogens is 1. The Kier molecular flexibility index (Phi) is 4.72. The second-order valence-corrected chi connectivity index (χ2v) is 6.44. The number of thiazole rings is 1. The zero-order valence-electron chi connectivity index (χ0n) is 11.2. The molecular formula is C12H12F3N3OS2. The van der Waals surface area contributed by atoms with Gasteiger partial charge in [0, 0.05) is 22.4 Å². The van der Waals surface area contributed by atoms with Gasteiger partial charge in [0.2, 0.25) is 0 Å². The number of aromatic amines is 1. The van der Waals surface area contributed by atoms with Crippen molar-refractivity contribution in [1.29, 1.82) is 0 Å². The number of halogens is 3. The highest BCUT2D eigenvalue weighted by molar-refractivity contribution is 7.98. The van der Waals surface area contributed by atoms with E-state index in [4.69, 9.17) is 0 Å². The van der Waals surface area contributed by atoms with Gasteiger partial charge in [0.05, 0.1) is 5.01 Å². The van der Waals surface area contributed by atoms with Crippen molar-refractivity contribution in [2.24, 2.45) is 0 Å². The first-order valence-electron chi connectivity index (χ1n) is 6.06. The average molecular weight is 335 g/mol. The second-order valence-electron chi connectivity index (χ2n) is 4.19. The minimum atomic E-state index is -4.47. The first kappa shape index (κ1) is 16.0. The van der Waals surface area contributed by atoms with Crippen molar-refractivity contribution in [3.05, 3.63) is 37.7 Å². The van der Waals surface area contributed by atoms with Crippen LogP contribution in [0.3, 0.4) is 0 Å². The summed E-state index contributed by atoms with van der Waals surface area (Å²) in [6.07, 6.45) is -3.88. The molecule has 0 radical (unpaired) electrons. The molecule has 0 aromatic carbocycles. The van der Waals surface area contributed by atoms with Crippen LogP contribution < -0.4 is 5.56 Å². The van der Waals surface area contributed by atoms with E-state index < -0.39 is 11.9 Å². The van der Waals surface area contributed by atoms with Gasteiger partial charge >= 0.3 is 6.18 Å². The van der Waals surface area contributed by atoms with E-state index in [9.17, 15) is 18.0 Å². The third-order valence-corrected chi connectivity index (χ3v) is 4.60. The second kappa shape index (κ2) is 6.18. The maximum atomic E-state index is 12.8. The third kappa shape index (κ3) is 4.07. The minimum absolute atomic E-state index is 0.0659. The highest BCUT2D eigenvalue weighted by Gasteiger charge is 2.36. The van der Waals surface area contributed by atoms with Gasteiger partial charge in [0.1, 0.15) is 0 Å². The molecule has 21 heavy (non-hydrogen) atoms. The van der Waals surface area contributed by atoms with E-state index in [1.54, 1.807) is 0 Å². The van der Waals surface area contributed by atoms with Gasteiger partial charge in [0.25, 0.3) is 5.56 Å². The quantitative estimate of drug-likeness (QED) is 0.687. The van der Waals surface area contributed by atoms with Gasteiger partial charge in [-0.15, -0.1) is 11.3 Å². The summed E-state index contributed by atoms with van der Waals surface area (Å²) in [5, 5.41) is 0.681. The Morgan fingerprint density at radius 3 is 2.71 bits per heavy atom. The van der Waals surface area contributed by atoms with Crippen LogP contribution in [-0.4, -0.2) is 15.0 Å². The van der Waals surface area contributed by atoms with Crippen LogP contribution in [0.2, 0.25) is 0 Å². The molecule has 0 atom stereocenters. The molecule has 1 N–H and O–H groups in total. The van der Waals surface area contributed by atoms with Gasteiger partial charge in [-0.3, -0.25) is 4.79 Å². The molecule has 4 nitrogen and oxygen atoms in total. The lowest BCUT2D eigenvalue weighted by atomic mass is 10.3. The molecule has 0 spiro atoms. The molecule has 0 amide bonds. The van der Waals surface area contributed by atoms with Crippen LogP contribution in [0.5, 0.6) is 0 Å². The summed E-state index contributed by atoms with van der Waals surface area (Å²) in [6, 6.07) is 1.38. The lowest BCUT2D eigenvalue weighted by Crippen LogP contribution is -2.10. The van der Waals surface area contributed by atoms with Gasteiger partial charge in [-0.2, -0.15) is 13.2 Å². The number of nitrogens with one attached hydrogen (secondary N) is 1. The average Bonchev–Trinajstić information content (AvgIpc) is 2.77. The molecule has 0 saturated heterocycles. The lowest BCUT2D eigenvalue weighted by Gasteiger charge is -2.06. The molecule has 9 heteroatoms.